The zero-order valence-electron chi connectivity index (χ0n) is 16.6. The number of aromatic nitrogens is 2. The van der Waals surface area contributed by atoms with Gasteiger partial charge in [-0.1, -0.05) is 12.8 Å². The molecule has 0 unspecified atom stereocenters. The molecule has 2 fully saturated rings. The SMILES string of the molecule is Cc1nn(C)c(C)c1CC(=O)N1CCN(S(=O)(=O)N2CCCCCC2)CC1. The van der Waals surface area contributed by atoms with Gasteiger partial charge in [0.1, 0.15) is 0 Å². The van der Waals surface area contributed by atoms with E-state index in [-0.39, 0.29) is 5.91 Å². The van der Waals surface area contributed by atoms with Crippen LogP contribution in [0.15, 0.2) is 0 Å². The van der Waals surface area contributed by atoms with Gasteiger partial charge in [0.05, 0.1) is 12.1 Å². The van der Waals surface area contributed by atoms with Gasteiger partial charge in [0.25, 0.3) is 10.2 Å². The van der Waals surface area contributed by atoms with Gasteiger partial charge in [0.15, 0.2) is 0 Å². The number of aryl methyl sites for hydroxylation is 2. The van der Waals surface area contributed by atoms with Crippen molar-refractivity contribution in [2.45, 2.75) is 46.0 Å². The first-order valence-corrected chi connectivity index (χ1v) is 11.2. The summed E-state index contributed by atoms with van der Waals surface area (Å²) >= 11 is 0. The average molecular weight is 398 g/mol. The Labute approximate surface area is 162 Å². The molecule has 2 saturated heterocycles. The van der Waals surface area contributed by atoms with Crippen molar-refractivity contribution < 1.29 is 13.2 Å². The number of hydrogen-bond acceptors (Lipinski definition) is 4. The maximum atomic E-state index is 12.9. The zero-order chi connectivity index (χ0) is 19.6. The predicted molar refractivity (Wildman–Crippen MR) is 103 cm³/mol. The van der Waals surface area contributed by atoms with Gasteiger partial charge in [0, 0.05) is 57.6 Å². The van der Waals surface area contributed by atoms with Crippen molar-refractivity contribution in [3.8, 4) is 0 Å². The van der Waals surface area contributed by atoms with Gasteiger partial charge in [-0.15, -0.1) is 0 Å². The van der Waals surface area contributed by atoms with Crippen molar-refractivity contribution in [2.24, 2.45) is 7.05 Å². The molecule has 9 heteroatoms. The summed E-state index contributed by atoms with van der Waals surface area (Å²) in [6.07, 6.45) is 4.39. The van der Waals surface area contributed by atoms with Crippen molar-refractivity contribution >= 4 is 16.1 Å². The van der Waals surface area contributed by atoms with Crippen LogP contribution in [0, 0.1) is 13.8 Å². The lowest BCUT2D eigenvalue weighted by Crippen LogP contribution is -2.54. The Hall–Kier alpha value is -1.45. The van der Waals surface area contributed by atoms with E-state index < -0.39 is 10.2 Å². The van der Waals surface area contributed by atoms with Crippen LogP contribution in [0.5, 0.6) is 0 Å². The fraction of sp³-hybridized carbons (Fsp3) is 0.778. The molecule has 0 aromatic carbocycles. The molecule has 3 heterocycles. The van der Waals surface area contributed by atoms with Gasteiger partial charge in [-0.05, 0) is 26.7 Å². The monoisotopic (exact) mass is 397 g/mol. The topological polar surface area (TPSA) is 78.8 Å². The third kappa shape index (κ3) is 4.35. The molecular weight excluding hydrogens is 366 g/mol. The highest BCUT2D eigenvalue weighted by atomic mass is 32.2. The Morgan fingerprint density at radius 2 is 1.48 bits per heavy atom. The lowest BCUT2D eigenvalue weighted by molar-refractivity contribution is -0.131. The van der Waals surface area contributed by atoms with E-state index in [4.69, 9.17) is 0 Å². The van der Waals surface area contributed by atoms with E-state index in [2.05, 4.69) is 5.10 Å². The second-order valence-electron chi connectivity index (χ2n) is 7.55. The van der Waals surface area contributed by atoms with Crippen LogP contribution in [0.25, 0.3) is 0 Å². The van der Waals surface area contributed by atoms with Crippen molar-refractivity contribution in [3.63, 3.8) is 0 Å². The van der Waals surface area contributed by atoms with Gasteiger partial charge in [-0.25, -0.2) is 0 Å². The summed E-state index contributed by atoms with van der Waals surface area (Å²) in [7, 11) is -1.53. The lowest BCUT2D eigenvalue weighted by Gasteiger charge is -2.36. The molecule has 0 saturated carbocycles. The summed E-state index contributed by atoms with van der Waals surface area (Å²) in [6, 6.07) is 0. The maximum absolute atomic E-state index is 12.9. The van der Waals surface area contributed by atoms with E-state index in [1.165, 1.54) is 0 Å². The van der Waals surface area contributed by atoms with E-state index >= 15 is 0 Å². The minimum absolute atomic E-state index is 0.0426. The highest BCUT2D eigenvalue weighted by Gasteiger charge is 2.33. The second-order valence-corrected chi connectivity index (χ2v) is 9.48. The summed E-state index contributed by atoms with van der Waals surface area (Å²) in [5.74, 6) is 0.0426. The van der Waals surface area contributed by atoms with E-state index in [1.807, 2.05) is 20.9 Å². The molecule has 2 aliphatic heterocycles. The van der Waals surface area contributed by atoms with Gasteiger partial charge in [0.2, 0.25) is 5.91 Å². The van der Waals surface area contributed by atoms with Crippen molar-refractivity contribution in [3.05, 3.63) is 17.0 Å². The Morgan fingerprint density at radius 1 is 0.926 bits per heavy atom. The van der Waals surface area contributed by atoms with Crippen LogP contribution >= 0.6 is 0 Å². The minimum Gasteiger partial charge on any atom is -0.340 e. The molecule has 1 amide bonds. The number of hydrogen-bond donors (Lipinski definition) is 0. The van der Waals surface area contributed by atoms with Gasteiger partial charge in [-0.3, -0.25) is 9.48 Å². The molecule has 0 atom stereocenters. The minimum atomic E-state index is -3.41. The summed E-state index contributed by atoms with van der Waals surface area (Å²) in [4.78, 5) is 14.5. The third-order valence-electron chi connectivity index (χ3n) is 5.80. The number of nitrogens with zero attached hydrogens (tertiary/aromatic N) is 5. The van der Waals surface area contributed by atoms with Crippen molar-refractivity contribution in [1.82, 2.24) is 23.3 Å². The van der Waals surface area contributed by atoms with Gasteiger partial charge < -0.3 is 4.90 Å². The standard InChI is InChI=1S/C18H31N5O3S/c1-15-17(16(2)20(3)19-15)14-18(24)21-10-12-23(13-11-21)27(25,26)22-8-6-4-5-7-9-22/h4-14H2,1-3H3. The third-order valence-corrected chi connectivity index (χ3v) is 7.83. The van der Waals surface area contributed by atoms with E-state index in [1.54, 1.807) is 18.2 Å². The first-order valence-electron chi connectivity index (χ1n) is 9.83. The molecule has 3 rings (SSSR count). The summed E-state index contributed by atoms with van der Waals surface area (Å²) in [5, 5.41) is 4.37. The number of carbonyl (C=O) groups excluding carboxylic acids is 1. The summed E-state index contributed by atoms with van der Waals surface area (Å²) < 4.78 is 30.7. The van der Waals surface area contributed by atoms with Crippen LogP contribution in [-0.2, 0) is 28.5 Å². The molecule has 0 N–H and O–H groups in total. The maximum Gasteiger partial charge on any atom is 0.282 e. The molecule has 0 radical (unpaired) electrons. The molecule has 27 heavy (non-hydrogen) atoms. The fourth-order valence-electron chi connectivity index (χ4n) is 3.94. The molecule has 0 aliphatic carbocycles. The molecule has 8 nitrogen and oxygen atoms in total. The fourth-order valence-corrected chi connectivity index (χ4v) is 5.61. The van der Waals surface area contributed by atoms with Crippen molar-refractivity contribution in [1.29, 1.82) is 0 Å². The quantitative estimate of drug-likeness (QED) is 0.754. The summed E-state index contributed by atoms with van der Waals surface area (Å²) in [5.41, 5.74) is 2.86. The first kappa shape index (κ1) is 20.3. The highest BCUT2D eigenvalue weighted by molar-refractivity contribution is 7.86. The van der Waals surface area contributed by atoms with Gasteiger partial charge >= 0.3 is 0 Å². The molecule has 0 bridgehead atoms. The largest absolute Gasteiger partial charge is 0.340 e. The normalized spacial score (nSPS) is 20.6. The number of rotatable bonds is 4. The predicted octanol–water partition coefficient (Wildman–Crippen LogP) is 0.844. The Kier molecular flexibility index (Phi) is 6.22. The Bertz CT molecular complexity index is 773. The molecule has 152 valence electrons. The van der Waals surface area contributed by atoms with Crippen LogP contribution in [0.1, 0.15) is 42.6 Å². The van der Waals surface area contributed by atoms with Crippen LogP contribution in [0.3, 0.4) is 0 Å². The molecule has 0 spiro atoms. The van der Waals surface area contributed by atoms with Gasteiger partial charge in [-0.2, -0.15) is 22.1 Å². The number of carbonyl (C=O) groups is 1. The Morgan fingerprint density at radius 3 is 2.00 bits per heavy atom. The molecule has 1 aromatic heterocycles. The van der Waals surface area contributed by atoms with Crippen molar-refractivity contribution in [2.75, 3.05) is 39.3 Å². The first-order chi connectivity index (χ1) is 12.8. The van der Waals surface area contributed by atoms with Crippen LogP contribution in [0.4, 0.5) is 0 Å². The second kappa shape index (κ2) is 8.28. The lowest BCUT2D eigenvalue weighted by atomic mass is 10.1. The average Bonchev–Trinajstić information content (AvgIpc) is 2.87. The number of amides is 1. The zero-order valence-corrected chi connectivity index (χ0v) is 17.5. The highest BCUT2D eigenvalue weighted by Crippen LogP contribution is 2.19. The van der Waals surface area contributed by atoms with E-state index in [0.29, 0.717) is 45.7 Å². The molecule has 1 aromatic rings. The smallest absolute Gasteiger partial charge is 0.282 e. The summed E-state index contributed by atoms with van der Waals surface area (Å²) in [6.45, 7) is 6.75. The Balaban J connectivity index is 1.58. The number of piperazine rings is 1. The van der Waals surface area contributed by atoms with Crippen LogP contribution in [0.2, 0.25) is 0 Å². The van der Waals surface area contributed by atoms with E-state index in [9.17, 15) is 13.2 Å². The van der Waals surface area contributed by atoms with Crippen LogP contribution < -0.4 is 0 Å². The molecular formula is C18H31N5O3S. The van der Waals surface area contributed by atoms with Crippen LogP contribution in [-0.4, -0.2) is 76.9 Å². The van der Waals surface area contributed by atoms with E-state index in [0.717, 1.165) is 42.6 Å². The molecule has 2 aliphatic rings.